The van der Waals surface area contributed by atoms with Crippen LogP contribution in [0.25, 0.3) is 10.2 Å². The van der Waals surface area contributed by atoms with Crippen LogP contribution in [0.3, 0.4) is 0 Å². The molecular weight excluding hydrogens is 330 g/mol. The Morgan fingerprint density at radius 2 is 2.08 bits per heavy atom. The second-order valence-electron chi connectivity index (χ2n) is 7.22. The lowest BCUT2D eigenvalue weighted by Crippen LogP contribution is -2.18. The van der Waals surface area contributed by atoms with Gasteiger partial charge in [-0.1, -0.05) is 24.6 Å². The molecule has 130 valence electrons. The van der Waals surface area contributed by atoms with E-state index in [0.29, 0.717) is 11.7 Å². The number of nitrogens with one attached hydrogen (secondary N) is 2. The molecule has 0 saturated heterocycles. The van der Waals surface area contributed by atoms with Gasteiger partial charge < -0.3 is 10.3 Å². The van der Waals surface area contributed by atoms with Gasteiger partial charge in [-0.3, -0.25) is 4.79 Å². The molecule has 0 spiro atoms. The summed E-state index contributed by atoms with van der Waals surface area (Å²) in [7, 11) is 0. The number of H-pyrrole nitrogens is 1. The molecule has 2 N–H and O–H groups in total. The Bertz CT molecular complexity index is 971. The molecule has 0 amide bonds. The summed E-state index contributed by atoms with van der Waals surface area (Å²) in [4.78, 5) is 22.7. The number of fused-ring (bicyclic) bond motifs is 3. The molecule has 4 nitrogen and oxygen atoms in total. The molecule has 5 heteroatoms. The van der Waals surface area contributed by atoms with Crippen molar-refractivity contribution in [2.45, 2.75) is 46.1 Å². The molecular formula is C20H23N3OS. The van der Waals surface area contributed by atoms with Gasteiger partial charge in [-0.15, -0.1) is 11.3 Å². The van der Waals surface area contributed by atoms with Gasteiger partial charge in [0.05, 0.1) is 11.4 Å². The predicted octanol–water partition coefficient (Wildman–Crippen LogP) is 4.59. The second kappa shape index (κ2) is 6.30. The zero-order chi connectivity index (χ0) is 17.6. The van der Waals surface area contributed by atoms with Crippen molar-refractivity contribution in [3.63, 3.8) is 0 Å². The second-order valence-corrected chi connectivity index (χ2v) is 8.30. The van der Waals surface area contributed by atoms with Gasteiger partial charge in [-0.05, 0) is 56.7 Å². The number of thiophene rings is 1. The van der Waals surface area contributed by atoms with Crippen molar-refractivity contribution in [3.05, 3.63) is 56.4 Å². The summed E-state index contributed by atoms with van der Waals surface area (Å²) in [5.74, 6) is 1.39. The lowest BCUT2D eigenvalue weighted by Gasteiger charge is -2.17. The van der Waals surface area contributed by atoms with E-state index in [9.17, 15) is 4.79 Å². The third-order valence-electron chi connectivity index (χ3n) is 5.03. The maximum Gasteiger partial charge on any atom is 0.259 e. The SMILES string of the molecule is Cc1ccc(N[C@@H](C)c2nc3sc4c(c3c(=O)[nH]2)CC[C@@H](C)C4)cc1. The number of hydrogen-bond donors (Lipinski definition) is 2. The van der Waals surface area contributed by atoms with Gasteiger partial charge in [0.15, 0.2) is 0 Å². The van der Waals surface area contributed by atoms with E-state index in [4.69, 9.17) is 4.98 Å². The Kier molecular flexibility index (Phi) is 4.12. The highest BCUT2D eigenvalue weighted by molar-refractivity contribution is 7.18. The first-order valence-corrected chi connectivity index (χ1v) is 9.70. The molecule has 0 saturated carbocycles. The topological polar surface area (TPSA) is 57.8 Å². The van der Waals surface area contributed by atoms with Crippen LogP contribution in [0.15, 0.2) is 29.1 Å². The van der Waals surface area contributed by atoms with Crippen molar-refractivity contribution < 1.29 is 0 Å². The average molecular weight is 353 g/mol. The number of nitrogens with zero attached hydrogens (tertiary/aromatic N) is 1. The van der Waals surface area contributed by atoms with E-state index < -0.39 is 0 Å². The summed E-state index contributed by atoms with van der Waals surface area (Å²) in [6, 6.07) is 8.19. The maximum atomic E-state index is 12.7. The molecule has 1 aromatic carbocycles. The smallest absolute Gasteiger partial charge is 0.259 e. The van der Waals surface area contributed by atoms with Gasteiger partial charge in [0.2, 0.25) is 0 Å². The fourth-order valence-electron chi connectivity index (χ4n) is 3.54. The Labute approximate surface area is 151 Å². The van der Waals surface area contributed by atoms with E-state index in [-0.39, 0.29) is 11.6 Å². The zero-order valence-electron chi connectivity index (χ0n) is 14.8. The lowest BCUT2D eigenvalue weighted by atomic mass is 9.89. The molecule has 2 atom stereocenters. The van der Waals surface area contributed by atoms with E-state index in [1.807, 2.05) is 19.1 Å². The molecule has 25 heavy (non-hydrogen) atoms. The Hall–Kier alpha value is -2.14. The minimum atomic E-state index is -0.0575. The summed E-state index contributed by atoms with van der Waals surface area (Å²) < 4.78 is 0. The Balaban J connectivity index is 1.68. The molecule has 2 aromatic heterocycles. The lowest BCUT2D eigenvalue weighted by molar-refractivity contribution is 0.509. The number of aryl methyl sites for hydroxylation is 2. The van der Waals surface area contributed by atoms with Crippen LogP contribution < -0.4 is 10.9 Å². The van der Waals surface area contributed by atoms with Crippen molar-refractivity contribution >= 4 is 27.2 Å². The van der Waals surface area contributed by atoms with Crippen LogP contribution in [0.4, 0.5) is 5.69 Å². The van der Waals surface area contributed by atoms with Crippen molar-refractivity contribution in [2.24, 2.45) is 5.92 Å². The summed E-state index contributed by atoms with van der Waals surface area (Å²) in [5.41, 5.74) is 3.49. The summed E-state index contributed by atoms with van der Waals surface area (Å²) in [6.07, 6.45) is 3.23. The third-order valence-corrected chi connectivity index (χ3v) is 6.18. The van der Waals surface area contributed by atoms with E-state index in [0.717, 1.165) is 35.2 Å². The van der Waals surface area contributed by atoms with Crippen LogP contribution in [0, 0.1) is 12.8 Å². The molecule has 2 heterocycles. The molecule has 0 radical (unpaired) electrons. The fraction of sp³-hybridized carbons (Fsp3) is 0.400. The number of rotatable bonds is 3. The Morgan fingerprint density at radius 1 is 1.32 bits per heavy atom. The van der Waals surface area contributed by atoms with Gasteiger partial charge in [0.1, 0.15) is 10.7 Å². The van der Waals surface area contributed by atoms with Crippen LogP contribution in [0.1, 0.15) is 48.1 Å². The average Bonchev–Trinajstić information content (AvgIpc) is 2.94. The highest BCUT2D eigenvalue weighted by atomic mass is 32.1. The number of benzene rings is 1. The minimum Gasteiger partial charge on any atom is -0.375 e. The maximum absolute atomic E-state index is 12.7. The van der Waals surface area contributed by atoms with Gasteiger partial charge in [0, 0.05) is 10.6 Å². The normalized spacial score (nSPS) is 18.1. The molecule has 0 aliphatic heterocycles. The number of aromatic nitrogens is 2. The van der Waals surface area contributed by atoms with E-state index in [1.165, 1.54) is 16.0 Å². The predicted molar refractivity (Wildman–Crippen MR) is 105 cm³/mol. The molecule has 3 aromatic rings. The largest absolute Gasteiger partial charge is 0.375 e. The molecule has 1 aliphatic rings. The molecule has 0 fully saturated rings. The first kappa shape index (κ1) is 16.3. The zero-order valence-corrected chi connectivity index (χ0v) is 15.7. The standard InChI is InChI=1S/C20H23N3OS/c1-11-4-7-14(8-5-11)21-13(3)18-22-19(24)17-15-9-6-12(2)10-16(15)25-20(17)23-18/h4-5,7-8,12-13,21H,6,9-10H2,1-3H3,(H,22,23,24)/t12-,13+/m1/s1. The summed E-state index contributed by atoms with van der Waals surface area (Å²) in [6.45, 7) is 6.38. The molecule has 1 aliphatic carbocycles. The van der Waals surface area contributed by atoms with Gasteiger partial charge in [-0.25, -0.2) is 4.98 Å². The van der Waals surface area contributed by atoms with Crippen LogP contribution in [-0.4, -0.2) is 9.97 Å². The summed E-state index contributed by atoms with van der Waals surface area (Å²) >= 11 is 1.70. The van der Waals surface area contributed by atoms with E-state index in [2.05, 4.69) is 36.3 Å². The van der Waals surface area contributed by atoms with Crippen molar-refractivity contribution in [1.29, 1.82) is 0 Å². The minimum absolute atomic E-state index is 0.00427. The van der Waals surface area contributed by atoms with Crippen molar-refractivity contribution in [2.75, 3.05) is 5.32 Å². The number of aromatic amines is 1. The number of hydrogen-bond acceptors (Lipinski definition) is 4. The van der Waals surface area contributed by atoms with Crippen molar-refractivity contribution in [3.8, 4) is 0 Å². The quantitative estimate of drug-likeness (QED) is 0.724. The van der Waals surface area contributed by atoms with Crippen LogP contribution in [0.2, 0.25) is 0 Å². The van der Waals surface area contributed by atoms with Crippen LogP contribution in [0.5, 0.6) is 0 Å². The summed E-state index contributed by atoms with van der Waals surface area (Å²) in [5, 5.41) is 4.24. The molecule has 0 unspecified atom stereocenters. The first-order chi connectivity index (χ1) is 12.0. The van der Waals surface area contributed by atoms with E-state index >= 15 is 0 Å². The first-order valence-electron chi connectivity index (χ1n) is 8.89. The number of anilines is 1. The van der Waals surface area contributed by atoms with Gasteiger partial charge >= 0.3 is 0 Å². The van der Waals surface area contributed by atoms with Crippen LogP contribution >= 0.6 is 11.3 Å². The molecule has 0 bridgehead atoms. The van der Waals surface area contributed by atoms with Crippen LogP contribution in [-0.2, 0) is 12.8 Å². The monoisotopic (exact) mass is 353 g/mol. The molecule has 4 rings (SSSR count). The van der Waals surface area contributed by atoms with Gasteiger partial charge in [0.25, 0.3) is 5.56 Å². The fourth-order valence-corrected chi connectivity index (χ4v) is 4.93. The third kappa shape index (κ3) is 3.09. The van der Waals surface area contributed by atoms with Crippen molar-refractivity contribution in [1.82, 2.24) is 9.97 Å². The van der Waals surface area contributed by atoms with Gasteiger partial charge in [-0.2, -0.15) is 0 Å². The Morgan fingerprint density at radius 3 is 2.84 bits per heavy atom. The van der Waals surface area contributed by atoms with E-state index in [1.54, 1.807) is 11.3 Å². The highest BCUT2D eigenvalue weighted by Gasteiger charge is 2.23. The highest BCUT2D eigenvalue weighted by Crippen LogP contribution is 2.35.